The molecule has 1 heterocycles. The van der Waals surface area contributed by atoms with Crippen molar-refractivity contribution >= 4 is 29.0 Å². The molecule has 3 rings (SSSR count). The summed E-state index contributed by atoms with van der Waals surface area (Å²) in [6.45, 7) is 3.03. The lowest BCUT2D eigenvalue weighted by molar-refractivity contribution is -0.137. The van der Waals surface area contributed by atoms with Crippen LogP contribution in [0.2, 0.25) is 5.02 Å². The minimum absolute atomic E-state index is 0.225. The van der Waals surface area contributed by atoms with Gasteiger partial charge < -0.3 is 4.90 Å². The highest BCUT2D eigenvalue weighted by atomic mass is 35.5. The number of benzene rings is 2. The lowest BCUT2D eigenvalue weighted by Gasteiger charge is -2.21. The number of hydrogen-bond acceptors (Lipinski definition) is 3. The fourth-order valence-corrected chi connectivity index (χ4v) is 3.38. The van der Waals surface area contributed by atoms with E-state index in [0.717, 1.165) is 18.4 Å². The van der Waals surface area contributed by atoms with Crippen LogP contribution < -0.4 is 0 Å². The van der Waals surface area contributed by atoms with E-state index < -0.39 is 0 Å². The molecule has 0 spiro atoms. The van der Waals surface area contributed by atoms with Crippen molar-refractivity contribution in [1.29, 1.82) is 0 Å². The average Bonchev–Trinajstić information content (AvgIpc) is 2.92. The smallest absolute Gasteiger partial charge is 0.277 e. The summed E-state index contributed by atoms with van der Waals surface area (Å²) in [6, 6.07) is 17.0. The Balaban J connectivity index is 2.00. The van der Waals surface area contributed by atoms with Crippen LogP contribution in [-0.2, 0) is 16.1 Å². The van der Waals surface area contributed by atoms with Gasteiger partial charge in [0.05, 0.1) is 5.57 Å². The Labute approximate surface area is 165 Å². The lowest BCUT2D eigenvalue weighted by Crippen LogP contribution is -2.34. The van der Waals surface area contributed by atoms with Gasteiger partial charge in [-0.05, 0) is 29.7 Å². The second kappa shape index (κ2) is 8.40. The number of halogens is 1. The molecule has 2 aromatic rings. The molecule has 0 N–H and O–H groups in total. The van der Waals surface area contributed by atoms with Crippen LogP contribution in [0.1, 0.15) is 30.9 Å². The minimum atomic E-state index is -0.231. The molecule has 5 heteroatoms. The first-order chi connectivity index (χ1) is 13.0. The third kappa shape index (κ3) is 4.06. The van der Waals surface area contributed by atoms with Crippen molar-refractivity contribution in [2.24, 2.45) is 0 Å². The van der Waals surface area contributed by atoms with Gasteiger partial charge in [0.15, 0.2) is 0 Å². The molecular weight excluding hydrogens is 360 g/mol. The summed E-state index contributed by atoms with van der Waals surface area (Å²) in [4.78, 5) is 29.4. The number of amides is 2. The van der Waals surface area contributed by atoms with Crippen LogP contribution in [0.25, 0.3) is 5.57 Å². The van der Waals surface area contributed by atoms with E-state index in [4.69, 9.17) is 11.6 Å². The summed E-state index contributed by atoms with van der Waals surface area (Å²) in [6.07, 6.45) is 1.71. The standard InChI is InChI=1S/C22H23ClN2O2/c1-3-4-14-25-21(26)19(17-10-12-18(23)13-11-17)20(22(25)27)24(2)15-16-8-6-5-7-9-16/h5-13H,3-4,14-15H2,1-2H3. The third-order valence-corrected chi connectivity index (χ3v) is 4.91. The molecule has 0 saturated carbocycles. The van der Waals surface area contributed by atoms with Gasteiger partial charge >= 0.3 is 0 Å². The van der Waals surface area contributed by atoms with Crippen molar-refractivity contribution in [1.82, 2.24) is 9.80 Å². The summed E-state index contributed by atoms with van der Waals surface area (Å²) in [7, 11) is 1.85. The zero-order valence-corrected chi connectivity index (χ0v) is 16.4. The Morgan fingerprint density at radius 3 is 2.26 bits per heavy atom. The van der Waals surface area contributed by atoms with Crippen molar-refractivity contribution in [3.8, 4) is 0 Å². The zero-order chi connectivity index (χ0) is 19.4. The molecule has 0 fully saturated rings. The molecule has 0 saturated heterocycles. The van der Waals surface area contributed by atoms with Gasteiger partial charge in [0.2, 0.25) is 0 Å². The number of hydrogen-bond donors (Lipinski definition) is 0. The second-order valence-electron chi connectivity index (χ2n) is 6.69. The summed E-state index contributed by atoms with van der Waals surface area (Å²) in [5, 5.41) is 0.596. The Bertz CT molecular complexity index is 860. The van der Waals surface area contributed by atoms with Gasteiger partial charge in [-0.3, -0.25) is 14.5 Å². The van der Waals surface area contributed by atoms with Gasteiger partial charge in [-0.2, -0.15) is 0 Å². The van der Waals surface area contributed by atoms with Crippen LogP contribution >= 0.6 is 11.6 Å². The van der Waals surface area contributed by atoms with Crippen LogP contribution in [0.4, 0.5) is 0 Å². The highest BCUT2D eigenvalue weighted by Gasteiger charge is 2.40. The lowest BCUT2D eigenvalue weighted by atomic mass is 10.0. The van der Waals surface area contributed by atoms with E-state index in [1.165, 1.54) is 4.90 Å². The molecule has 1 aliphatic heterocycles. The molecule has 2 amide bonds. The van der Waals surface area contributed by atoms with E-state index in [-0.39, 0.29) is 11.8 Å². The van der Waals surface area contributed by atoms with Gasteiger partial charge in [0.25, 0.3) is 11.8 Å². The molecule has 0 bridgehead atoms. The van der Waals surface area contributed by atoms with Crippen molar-refractivity contribution in [3.63, 3.8) is 0 Å². The molecule has 0 aliphatic carbocycles. The summed E-state index contributed by atoms with van der Waals surface area (Å²) < 4.78 is 0. The monoisotopic (exact) mass is 382 g/mol. The van der Waals surface area contributed by atoms with E-state index in [9.17, 15) is 9.59 Å². The zero-order valence-electron chi connectivity index (χ0n) is 15.6. The predicted molar refractivity (Wildman–Crippen MR) is 108 cm³/mol. The number of nitrogens with zero attached hydrogens (tertiary/aromatic N) is 2. The number of rotatable bonds is 7. The van der Waals surface area contributed by atoms with Crippen LogP contribution in [0.5, 0.6) is 0 Å². The number of likely N-dealkylation sites (N-methyl/N-ethyl adjacent to an activating group) is 1. The average molecular weight is 383 g/mol. The number of imide groups is 1. The Morgan fingerprint density at radius 2 is 1.63 bits per heavy atom. The largest absolute Gasteiger partial charge is 0.365 e. The summed E-state index contributed by atoms with van der Waals surface area (Å²) in [5.74, 6) is -0.456. The maximum absolute atomic E-state index is 13.1. The summed E-state index contributed by atoms with van der Waals surface area (Å²) >= 11 is 6.00. The molecule has 2 aromatic carbocycles. The molecule has 140 valence electrons. The fourth-order valence-electron chi connectivity index (χ4n) is 3.25. The van der Waals surface area contributed by atoms with E-state index >= 15 is 0 Å². The maximum atomic E-state index is 13.1. The highest BCUT2D eigenvalue weighted by Crippen LogP contribution is 2.32. The van der Waals surface area contributed by atoms with Crippen molar-refractivity contribution < 1.29 is 9.59 Å². The Morgan fingerprint density at radius 1 is 0.963 bits per heavy atom. The van der Waals surface area contributed by atoms with Crippen molar-refractivity contribution in [2.75, 3.05) is 13.6 Å². The van der Waals surface area contributed by atoms with Gasteiger partial charge in [0, 0.05) is 25.2 Å². The molecule has 4 nitrogen and oxygen atoms in total. The molecule has 0 radical (unpaired) electrons. The van der Waals surface area contributed by atoms with Crippen molar-refractivity contribution in [3.05, 3.63) is 76.4 Å². The summed E-state index contributed by atoms with van der Waals surface area (Å²) in [5.41, 5.74) is 2.69. The second-order valence-corrected chi connectivity index (χ2v) is 7.12. The van der Waals surface area contributed by atoms with E-state index in [1.54, 1.807) is 24.3 Å². The first-order valence-electron chi connectivity index (χ1n) is 9.14. The highest BCUT2D eigenvalue weighted by molar-refractivity contribution is 6.36. The number of unbranched alkanes of at least 4 members (excludes halogenated alkanes) is 1. The van der Waals surface area contributed by atoms with E-state index in [2.05, 4.69) is 0 Å². The van der Waals surface area contributed by atoms with Gasteiger partial charge in [0.1, 0.15) is 5.70 Å². The maximum Gasteiger partial charge on any atom is 0.277 e. The van der Waals surface area contributed by atoms with Crippen molar-refractivity contribution in [2.45, 2.75) is 26.3 Å². The third-order valence-electron chi connectivity index (χ3n) is 4.66. The van der Waals surface area contributed by atoms with Gasteiger partial charge in [-0.15, -0.1) is 0 Å². The Hall–Kier alpha value is -2.59. The van der Waals surface area contributed by atoms with Gasteiger partial charge in [-0.25, -0.2) is 0 Å². The quantitative estimate of drug-likeness (QED) is 0.668. The number of carbonyl (C=O) groups is 2. The van der Waals surface area contributed by atoms with Crippen LogP contribution in [-0.4, -0.2) is 35.2 Å². The van der Waals surface area contributed by atoms with Crippen LogP contribution in [0.3, 0.4) is 0 Å². The normalized spacial score (nSPS) is 14.3. The van der Waals surface area contributed by atoms with Crippen LogP contribution in [0, 0.1) is 0 Å². The topological polar surface area (TPSA) is 40.6 Å². The first-order valence-corrected chi connectivity index (χ1v) is 9.52. The predicted octanol–water partition coefficient (Wildman–Crippen LogP) is 4.35. The molecular formula is C22H23ClN2O2. The molecule has 0 atom stereocenters. The van der Waals surface area contributed by atoms with E-state index in [0.29, 0.717) is 34.9 Å². The SMILES string of the molecule is CCCCN1C(=O)C(c2ccc(Cl)cc2)=C(N(C)Cc2ccccc2)C1=O. The molecule has 0 aromatic heterocycles. The first kappa shape index (κ1) is 19.2. The molecule has 0 unspecified atom stereocenters. The number of carbonyl (C=O) groups excluding carboxylic acids is 2. The Kier molecular flexibility index (Phi) is 5.97. The van der Waals surface area contributed by atoms with E-state index in [1.807, 2.05) is 49.2 Å². The van der Waals surface area contributed by atoms with Crippen LogP contribution in [0.15, 0.2) is 60.3 Å². The molecule has 27 heavy (non-hydrogen) atoms. The molecule has 1 aliphatic rings. The minimum Gasteiger partial charge on any atom is -0.365 e. The van der Waals surface area contributed by atoms with Gasteiger partial charge in [-0.1, -0.05) is 67.4 Å². The fraction of sp³-hybridized carbons (Fsp3) is 0.273.